The quantitative estimate of drug-likeness (QED) is 0.351. The Balaban J connectivity index is 0.00000420. The van der Waals surface area contributed by atoms with Gasteiger partial charge in [-0.2, -0.15) is 5.10 Å². The van der Waals surface area contributed by atoms with E-state index < -0.39 is 5.60 Å². The van der Waals surface area contributed by atoms with Gasteiger partial charge in [0.05, 0.1) is 6.54 Å². The minimum atomic E-state index is -0.485. The van der Waals surface area contributed by atoms with Crippen LogP contribution >= 0.6 is 24.0 Å². The summed E-state index contributed by atoms with van der Waals surface area (Å²) < 4.78 is 7.37. The molecule has 2 rings (SSSR count). The number of hydrogen-bond donors (Lipinski definition) is 2. The maximum Gasteiger partial charge on any atom is 0.410 e. The SMILES string of the molecule is CN=C(NCC(C)CN(C)C(=O)OC(C)(C)C)NC1CCc2nc(C)nn2C1.I. The molecule has 0 aromatic carbocycles. The summed E-state index contributed by atoms with van der Waals surface area (Å²) in [7, 11) is 3.53. The van der Waals surface area contributed by atoms with E-state index in [-0.39, 0.29) is 42.0 Å². The molecule has 2 heterocycles. The molecular formula is C19H36IN7O2. The van der Waals surface area contributed by atoms with Crippen molar-refractivity contribution in [1.82, 2.24) is 30.3 Å². The van der Waals surface area contributed by atoms with Gasteiger partial charge in [-0.25, -0.2) is 14.5 Å². The number of carbonyl (C=O) groups excluding carboxylic acids is 1. The molecule has 0 radical (unpaired) electrons. The molecule has 0 bridgehead atoms. The molecule has 2 atom stereocenters. The normalized spacial score (nSPS) is 17.6. The summed E-state index contributed by atoms with van der Waals surface area (Å²) in [6.45, 7) is 11.7. The summed E-state index contributed by atoms with van der Waals surface area (Å²) in [5.74, 6) is 2.88. The van der Waals surface area contributed by atoms with E-state index >= 15 is 0 Å². The third-order valence-electron chi connectivity index (χ3n) is 4.44. The monoisotopic (exact) mass is 521 g/mol. The molecule has 0 spiro atoms. The largest absolute Gasteiger partial charge is 0.444 e. The van der Waals surface area contributed by atoms with Gasteiger partial charge in [0.2, 0.25) is 0 Å². The summed E-state index contributed by atoms with van der Waals surface area (Å²) in [6.07, 6.45) is 1.60. The minimum absolute atomic E-state index is 0. The standard InChI is InChI=1S/C19H35N7O2.HI/c1-13(11-25(7)18(27)28-19(3,4)5)10-21-17(20-6)23-15-8-9-16-22-14(2)24-26(16)12-15;/h13,15H,8-12H2,1-7H3,(H2,20,21,23);1H. The number of nitrogens with one attached hydrogen (secondary N) is 2. The highest BCUT2D eigenvalue weighted by molar-refractivity contribution is 14.0. The zero-order valence-electron chi connectivity index (χ0n) is 18.7. The van der Waals surface area contributed by atoms with Crippen LogP contribution in [0.3, 0.4) is 0 Å². The van der Waals surface area contributed by atoms with Crippen LogP contribution in [0.15, 0.2) is 4.99 Å². The lowest BCUT2D eigenvalue weighted by Gasteiger charge is -2.28. The fourth-order valence-corrected chi connectivity index (χ4v) is 3.16. The lowest BCUT2D eigenvalue weighted by molar-refractivity contribution is 0.0278. The van der Waals surface area contributed by atoms with Crippen LogP contribution in [0.5, 0.6) is 0 Å². The number of halogens is 1. The van der Waals surface area contributed by atoms with Gasteiger partial charge in [-0.1, -0.05) is 6.92 Å². The number of ether oxygens (including phenoxy) is 1. The van der Waals surface area contributed by atoms with Crippen LogP contribution < -0.4 is 10.6 Å². The maximum atomic E-state index is 12.1. The van der Waals surface area contributed by atoms with Gasteiger partial charge in [0.1, 0.15) is 17.2 Å². The Labute approximate surface area is 191 Å². The minimum Gasteiger partial charge on any atom is -0.444 e. The van der Waals surface area contributed by atoms with Crippen LogP contribution in [0.2, 0.25) is 0 Å². The zero-order chi connectivity index (χ0) is 20.9. The summed E-state index contributed by atoms with van der Waals surface area (Å²) in [4.78, 5) is 22.5. The van der Waals surface area contributed by atoms with Gasteiger partial charge >= 0.3 is 6.09 Å². The topological polar surface area (TPSA) is 96.7 Å². The first-order chi connectivity index (χ1) is 13.1. The molecule has 0 saturated carbocycles. The van der Waals surface area contributed by atoms with E-state index in [1.54, 1.807) is 19.0 Å². The van der Waals surface area contributed by atoms with E-state index in [4.69, 9.17) is 4.74 Å². The fraction of sp³-hybridized carbons (Fsp3) is 0.789. The van der Waals surface area contributed by atoms with E-state index in [0.29, 0.717) is 13.1 Å². The number of aryl methyl sites for hydroxylation is 2. The number of hydrogen-bond acceptors (Lipinski definition) is 5. The maximum absolute atomic E-state index is 12.1. The molecule has 29 heavy (non-hydrogen) atoms. The Morgan fingerprint density at radius 1 is 1.45 bits per heavy atom. The molecule has 166 valence electrons. The number of aliphatic imine (C=N–C) groups is 1. The van der Waals surface area contributed by atoms with E-state index in [2.05, 4.69) is 32.6 Å². The molecule has 1 aliphatic rings. The molecule has 2 N–H and O–H groups in total. The van der Waals surface area contributed by atoms with Gasteiger partial charge in [-0.3, -0.25) is 4.99 Å². The van der Waals surface area contributed by atoms with Crippen molar-refractivity contribution in [2.24, 2.45) is 10.9 Å². The summed E-state index contributed by atoms with van der Waals surface area (Å²) in [6, 6.07) is 0.263. The highest BCUT2D eigenvalue weighted by atomic mass is 127. The summed E-state index contributed by atoms with van der Waals surface area (Å²) in [5.41, 5.74) is -0.485. The number of nitrogens with zero attached hydrogens (tertiary/aromatic N) is 5. The van der Waals surface area contributed by atoms with Crippen LogP contribution in [0, 0.1) is 12.8 Å². The fourth-order valence-electron chi connectivity index (χ4n) is 3.16. The first-order valence-electron chi connectivity index (χ1n) is 9.89. The Hall–Kier alpha value is -1.59. The molecule has 2 unspecified atom stereocenters. The van der Waals surface area contributed by atoms with Crippen LogP contribution in [0.25, 0.3) is 0 Å². The zero-order valence-corrected chi connectivity index (χ0v) is 21.0. The van der Waals surface area contributed by atoms with Crippen molar-refractivity contribution in [1.29, 1.82) is 0 Å². The van der Waals surface area contributed by atoms with Crippen molar-refractivity contribution in [3.05, 3.63) is 11.6 Å². The molecule has 1 amide bonds. The Morgan fingerprint density at radius 3 is 2.76 bits per heavy atom. The van der Waals surface area contributed by atoms with Crippen molar-refractivity contribution in [2.45, 2.75) is 65.6 Å². The Kier molecular flexibility index (Phi) is 9.63. The molecule has 9 nitrogen and oxygen atoms in total. The number of rotatable bonds is 5. The first-order valence-corrected chi connectivity index (χ1v) is 9.89. The predicted octanol–water partition coefficient (Wildman–Crippen LogP) is 2.19. The van der Waals surface area contributed by atoms with Crippen LogP contribution in [0.1, 0.15) is 45.8 Å². The van der Waals surface area contributed by atoms with Gasteiger partial charge in [-0.15, -0.1) is 24.0 Å². The number of aromatic nitrogens is 3. The first kappa shape index (κ1) is 25.4. The van der Waals surface area contributed by atoms with Crippen molar-refractivity contribution < 1.29 is 9.53 Å². The molecule has 0 fully saturated rings. The van der Waals surface area contributed by atoms with Crippen LogP contribution in [-0.2, 0) is 17.7 Å². The Morgan fingerprint density at radius 2 is 2.14 bits per heavy atom. The summed E-state index contributed by atoms with van der Waals surface area (Å²) in [5, 5.41) is 11.3. The third-order valence-corrected chi connectivity index (χ3v) is 4.44. The number of carbonyl (C=O) groups is 1. The second-order valence-electron chi connectivity index (χ2n) is 8.56. The average molecular weight is 521 g/mol. The highest BCUT2D eigenvalue weighted by Crippen LogP contribution is 2.13. The molecule has 0 aliphatic carbocycles. The highest BCUT2D eigenvalue weighted by Gasteiger charge is 2.23. The van der Waals surface area contributed by atoms with Crippen molar-refractivity contribution >= 4 is 36.0 Å². The molecule has 0 saturated heterocycles. The summed E-state index contributed by atoms with van der Waals surface area (Å²) >= 11 is 0. The van der Waals surface area contributed by atoms with Gasteiger partial charge in [0, 0.05) is 39.6 Å². The van der Waals surface area contributed by atoms with Crippen LogP contribution in [-0.4, -0.2) is 70.5 Å². The van der Waals surface area contributed by atoms with E-state index in [1.165, 1.54) is 0 Å². The number of guanidine groups is 1. The third kappa shape index (κ3) is 8.35. The molecule has 1 aliphatic heterocycles. The second kappa shape index (κ2) is 11.0. The average Bonchev–Trinajstić information content (AvgIpc) is 2.96. The van der Waals surface area contributed by atoms with Gasteiger partial charge in [0.25, 0.3) is 0 Å². The number of amides is 1. The van der Waals surface area contributed by atoms with Crippen molar-refractivity contribution in [2.75, 3.05) is 27.2 Å². The second-order valence-corrected chi connectivity index (χ2v) is 8.56. The lowest BCUT2D eigenvalue weighted by atomic mass is 10.1. The predicted molar refractivity (Wildman–Crippen MR) is 125 cm³/mol. The van der Waals surface area contributed by atoms with Gasteiger partial charge < -0.3 is 20.3 Å². The molecule has 10 heteroatoms. The van der Waals surface area contributed by atoms with Gasteiger partial charge in [0.15, 0.2) is 5.96 Å². The van der Waals surface area contributed by atoms with E-state index in [1.807, 2.05) is 32.4 Å². The van der Waals surface area contributed by atoms with E-state index in [9.17, 15) is 4.79 Å². The van der Waals surface area contributed by atoms with Crippen LogP contribution in [0.4, 0.5) is 4.79 Å². The van der Waals surface area contributed by atoms with Crippen molar-refractivity contribution in [3.8, 4) is 0 Å². The van der Waals surface area contributed by atoms with Gasteiger partial charge in [-0.05, 0) is 40.0 Å². The Bertz CT molecular complexity index is 699. The molecule has 1 aromatic rings. The smallest absolute Gasteiger partial charge is 0.410 e. The van der Waals surface area contributed by atoms with E-state index in [0.717, 1.165) is 37.0 Å². The van der Waals surface area contributed by atoms with Crippen molar-refractivity contribution in [3.63, 3.8) is 0 Å². The number of fused-ring (bicyclic) bond motifs is 1. The molecular weight excluding hydrogens is 485 g/mol. The molecule has 1 aromatic heterocycles. The lowest BCUT2D eigenvalue weighted by Crippen LogP contribution is -2.48.